The molecule has 0 aliphatic heterocycles. The third kappa shape index (κ3) is 4.82. The molecule has 1 aliphatic carbocycles. The molecule has 6 heteroatoms. The summed E-state index contributed by atoms with van der Waals surface area (Å²) in [7, 11) is 0. The molecule has 2 atom stereocenters. The van der Waals surface area contributed by atoms with Crippen LogP contribution >= 0.6 is 0 Å². The Labute approximate surface area is 176 Å². The van der Waals surface area contributed by atoms with Gasteiger partial charge in [-0.25, -0.2) is 9.67 Å². The maximum atomic E-state index is 12.7. The molecule has 1 aromatic heterocycles. The Morgan fingerprint density at radius 3 is 2.50 bits per heavy atom. The minimum Gasteiger partial charge on any atom is -0.326 e. The fourth-order valence-electron chi connectivity index (χ4n) is 3.93. The molecular formula is C24H26N4O2. The highest BCUT2D eigenvalue weighted by molar-refractivity contribution is 5.95. The number of benzene rings is 2. The van der Waals surface area contributed by atoms with Crippen LogP contribution in [0.4, 0.5) is 5.69 Å². The summed E-state index contributed by atoms with van der Waals surface area (Å²) in [6, 6.07) is 15.8. The molecule has 1 amide bonds. The van der Waals surface area contributed by atoms with E-state index in [1.807, 2.05) is 55.5 Å². The van der Waals surface area contributed by atoms with Gasteiger partial charge in [0.25, 0.3) is 0 Å². The molecule has 1 fully saturated rings. The van der Waals surface area contributed by atoms with Gasteiger partial charge in [0.15, 0.2) is 0 Å². The molecule has 1 N–H and O–H groups in total. The van der Waals surface area contributed by atoms with Crippen LogP contribution in [0.15, 0.2) is 61.2 Å². The molecule has 0 spiro atoms. The van der Waals surface area contributed by atoms with Crippen molar-refractivity contribution in [3.05, 3.63) is 77.9 Å². The Balaban J connectivity index is 1.33. The van der Waals surface area contributed by atoms with Crippen molar-refractivity contribution < 1.29 is 9.59 Å². The van der Waals surface area contributed by atoms with E-state index in [1.165, 1.54) is 6.33 Å². The summed E-state index contributed by atoms with van der Waals surface area (Å²) in [5, 5.41) is 7.08. The van der Waals surface area contributed by atoms with Crippen molar-refractivity contribution in [2.75, 3.05) is 5.32 Å². The molecule has 4 rings (SSSR count). The zero-order valence-electron chi connectivity index (χ0n) is 17.1. The van der Waals surface area contributed by atoms with Crippen LogP contribution in [0.5, 0.6) is 0 Å². The van der Waals surface area contributed by atoms with Gasteiger partial charge in [-0.2, -0.15) is 5.10 Å². The van der Waals surface area contributed by atoms with E-state index in [-0.39, 0.29) is 17.7 Å². The normalized spacial score (nSPS) is 17.1. The van der Waals surface area contributed by atoms with Gasteiger partial charge in [0, 0.05) is 18.0 Å². The third-order valence-electron chi connectivity index (χ3n) is 5.82. The maximum absolute atomic E-state index is 12.7. The van der Waals surface area contributed by atoms with E-state index in [9.17, 15) is 9.59 Å². The summed E-state index contributed by atoms with van der Waals surface area (Å²) in [4.78, 5) is 28.5. The monoisotopic (exact) mass is 402 g/mol. The Morgan fingerprint density at radius 2 is 1.87 bits per heavy atom. The molecule has 0 bridgehead atoms. The van der Waals surface area contributed by atoms with Gasteiger partial charge in [0.05, 0.1) is 12.5 Å². The number of carbonyl (C=O) groups excluding carboxylic acids is 2. The molecule has 1 aliphatic rings. The number of carbonyl (C=O) groups is 2. The lowest BCUT2D eigenvalue weighted by Crippen LogP contribution is -2.19. The fraction of sp³-hybridized carbons (Fsp3) is 0.333. The minimum absolute atomic E-state index is 0.0438. The Morgan fingerprint density at radius 1 is 1.13 bits per heavy atom. The van der Waals surface area contributed by atoms with Crippen LogP contribution in [-0.4, -0.2) is 26.5 Å². The van der Waals surface area contributed by atoms with Crippen molar-refractivity contribution in [3.63, 3.8) is 0 Å². The first-order chi connectivity index (χ1) is 14.6. The third-order valence-corrected chi connectivity index (χ3v) is 5.82. The van der Waals surface area contributed by atoms with Crippen LogP contribution in [0.25, 0.3) is 0 Å². The Hall–Kier alpha value is -3.28. The molecule has 1 heterocycles. The van der Waals surface area contributed by atoms with Crippen molar-refractivity contribution in [2.45, 2.75) is 45.1 Å². The SMILES string of the molecule is C[C@H](C(=O)Nc1ccc(Cn2cncn2)cc1)c1ccc(C[C@H]2CCCC2=O)cc1. The van der Waals surface area contributed by atoms with Crippen molar-refractivity contribution >= 4 is 17.4 Å². The number of rotatable bonds is 7. The average Bonchev–Trinajstić information content (AvgIpc) is 3.41. The number of amides is 1. The van der Waals surface area contributed by atoms with Crippen LogP contribution in [0, 0.1) is 5.92 Å². The zero-order valence-corrected chi connectivity index (χ0v) is 17.1. The van der Waals surface area contributed by atoms with Crippen LogP contribution < -0.4 is 5.32 Å². The first-order valence-corrected chi connectivity index (χ1v) is 10.4. The number of ketones is 1. The van der Waals surface area contributed by atoms with E-state index in [1.54, 1.807) is 11.0 Å². The van der Waals surface area contributed by atoms with Gasteiger partial charge < -0.3 is 5.32 Å². The Bertz CT molecular complexity index is 995. The van der Waals surface area contributed by atoms with Crippen LogP contribution in [-0.2, 0) is 22.6 Å². The molecule has 6 nitrogen and oxygen atoms in total. The highest BCUT2D eigenvalue weighted by atomic mass is 16.2. The molecule has 0 unspecified atom stereocenters. The molecule has 0 radical (unpaired) electrons. The largest absolute Gasteiger partial charge is 0.326 e. The highest BCUT2D eigenvalue weighted by Crippen LogP contribution is 2.26. The van der Waals surface area contributed by atoms with E-state index in [2.05, 4.69) is 15.4 Å². The van der Waals surface area contributed by atoms with E-state index in [4.69, 9.17) is 0 Å². The topological polar surface area (TPSA) is 76.9 Å². The highest BCUT2D eigenvalue weighted by Gasteiger charge is 2.24. The molecule has 154 valence electrons. The fourth-order valence-corrected chi connectivity index (χ4v) is 3.93. The summed E-state index contributed by atoms with van der Waals surface area (Å²) < 4.78 is 1.75. The summed E-state index contributed by atoms with van der Waals surface area (Å²) >= 11 is 0. The number of Topliss-reactive ketones (excluding diaryl/α,β-unsaturated/α-hetero) is 1. The van der Waals surface area contributed by atoms with E-state index in [0.717, 1.165) is 48.1 Å². The number of aromatic nitrogens is 3. The van der Waals surface area contributed by atoms with Gasteiger partial charge >= 0.3 is 0 Å². The van der Waals surface area contributed by atoms with Crippen LogP contribution in [0.1, 0.15) is 48.8 Å². The molecule has 2 aromatic carbocycles. The average molecular weight is 402 g/mol. The minimum atomic E-state index is -0.262. The number of anilines is 1. The van der Waals surface area contributed by atoms with Crippen LogP contribution in [0.3, 0.4) is 0 Å². The number of nitrogens with zero attached hydrogens (tertiary/aromatic N) is 3. The lowest BCUT2D eigenvalue weighted by atomic mass is 9.94. The smallest absolute Gasteiger partial charge is 0.231 e. The van der Waals surface area contributed by atoms with E-state index in [0.29, 0.717) is 12.3 Å². The second-order valence-corrected chi connectivity index (χ2v) is 8.00. The molecule has 0 saturated heterocycles. The summed E-state index contributed by atoms with van der Waals surface area (Å²) in [5.41, 5.74) is 3.99. The summed E-state index contributed by atoms with van der Waals surface area (Å²) in [6.45, 7) is 2.55. The van der Waals surface area contributed by atoms with Gasteiger partial charge in [-0.1, -0.05) is 36.4 Å². The first kappa shape index (κ1) is 20.0. The lowest BCUT2D eigenvalue weighted by Gasteiger charge is -2.14. The quantitative estimate of drug-likeness (QED) is 0.648. The second kappa shape index (κ2) is 9.03. The predicted octanol–water partition coefficient (Wildman–Crippen LogP) is 3.98. The summed E-state index contributed by atoms with van der Waals surface area (Å²) in [6.07, 6.45) is 6.73. The number of nitrogens with one attached hydrogen (secondary N) is 1. The first-order valence-electron chi connectivity index (χ1n) is 10.4. The molecule has 3 aromatic rings. The maximum Gasteiger partial charge on any atom is 0.231 e. The Kier molecular flexibility index (Phi) is 6.02. The van der Waals surface area contributed by atoms with Crippen molar-refractivity contribution in [1.82, 2.24) is 14.8 Å². The van der Waals surface area contributed by atoms with Crippen molar-refractivity contribution in [1.29, 1.82) is 0 Å². The zero-order chi connectivity index (χ0) is 20.9. The van der Waals surface area contributed by atoms with Crippen LogP contribution in [0.2, 0.25) is 0 Å². The number of hydrogen-bond acceptors (Lipinski definition) is 4. The second-order valence-electron chi connectivity index (χ2n) is 8.00. The van der Waals surface area contributed by atoms with Gasteiger partial charge in [-0.15, -0.1) is 0 Å². The molecule has 30 heavy (non-hydrogen) atoms. The van der Waals surface area contributed by atoms with E-state index < -0.39 is 0 Å². The van der Waals surface area contributed by atoms with Gasteiger partial charge in [0.2, 0.25) is 5.91 Å². The van der Waals surface area contributed by atoms with Gasteiger partial charge in [0.1, 0.15) is 18.4 Å². The molecule has 1 saturated carbocycles. The molecular weight excluding hydrogens is 376 g/mol. The van der Waals surface area contributed by atoms with E-state index >= 15 is 0 Å². The van der Waals surface area contributed by atoms with Crippen molar-refractivity contribution in [2.24, 2.45) is 5.92 Å². The predicted molar refractivity (Wildman–Crippen MR) is 115 cm³/mol. The lowest BCUT2D eigenvalue weighted by molar-refractivity contribution is -0.120. The number of hydrogen-bond donors (Lipinski definition) is 1. The van der Waals surface area contributed by atoms with Gasteiger partial charge in [-0.05, 0) is 55.0 Å². The van der Waals surface area contributed by atoms with Crippen molar-refractivity contribution in [3.8, 4) is 0 Å². The standard InChI is InChI=1S/C24H26N4O2/c1-17(20-9-5-18(6-10-20)13-21-3-2-4-23(21)29)24(30)27-22-11-7-19(8-12-22)14-28-16-25-15-26-28/h5-12,15-17,21H,2-4,13-14H2,1H3,(H,27,30)/t17-,21+/m0/s1. The summed E-state index contributed by atoms with van der Waals surface area (Å²) in [5.74, 6) is 0.253. The van der Waals surface area contributed by atoms with Gasteiger partial charge in [-0.3, -0.25) is 9.59 Å².